The first kappa shape index (κ1) is 13.4. The molecule has 0 saturated heterocycles. The van der Waals surface area contributed by atoms with Crippen LogP contribution in [0.25, 0.3) is 0 Å². The van der Waals surface area contributed by atoms with Gasteiger partial charge in [-0.1, -0.05) is 26.2 Å². The van der Waals surface area contributed by atoms with Crippen molar-refractivity contribution in [3.8, 4) is 0 Å². The Morgan fingerprint density at radius 2 is 1.89 bits per heavy atom. The van der Waals surface area contributed by atoms with E-state index in [-0.39, 0.29) is 17.9 Å². The van der Waals surface area contributed by atoms with Crippen molar-refractivity contribution in [3.05, 3.63) is 0 Å². The number of carbonyl (C=O) groups is 2. The number of hydrogen-bond acceptors (Lipinski definition) is 2. The minimum Gasteiger partial charge on any atom is -0.481 e. The van der Waals surface area contributed by atoms with Gasteiger partial charge in [-0.05, 0) is 31.6 Å². The highest BCUT2D eigenvalue weighted by molar-refractivity contribution is 5.85. The van der Waals surface area contributed by atoms with Crippen LogP contribution >= 0.6 is 0 Å². The van der Waals surface area contributed by atoms with Crippen molar-refractivity contribution in [2.24, 2.45) is 17.8 Å². The maximum Gasteiger partial charge on any atom is 0.307 e. The van der Waals surface area contributed by atoms with E-state index >= 15 is 0 Å². The molecule has 2 aliphatic carbocycles. The standard InChI is InChI=1S/C14H23NO3/c1-2-10(8-9-6-7-9)15-13(16)11-4-3-5-12(11)14(17)18/h9-12H,2-8H2,1H3,(H,15,16)(H,17,18). The summed E-state index contributed by atoms with van der Waals surface area (Å²) in [7, 11) is 0. The van der Waals surface area contributed by atoms with Gasteiger partial charge in [0.2, 0.25) is 5.91 Å². The van der Waals surface area contributed by atoms with Gasteiger partial charge >= 0.3 is 5.97 Å². The molecule has 18 heavy (non-hydrogen) atoms. The van der Waals surface area contributed by atoms with E-state index in [1.807, 2.05) is 0 Å². The van der Waals surface area contributed by atoms with Crippen LogP contribution in [0.5, 0.6) is 0 Å². The van der Waals surface area contributed by atoms with Crippen molar-refractivity contribution < 1.29 is 14.7 Å². The summed E-state index contributed by atoms with van der Waals surface area (Å²) in [5, 5.41) is 12.2. The van der Waals surface area contributed by atoms with Crippen LogP contribution in [0.3, 0.4) is 0 Å². The molecule has 0 radical (unpaired) electrons. The second kappa shape index (κ2) is 5.72. The Morgan fingerprint density at radius 1 is 1.22 bits per heavy atom. The second-order valence-corrected chi connectivity index (χ2v) is 5.77. The van der Waals surface area contributed by atoms with Crippen molar-refractivity contribution in [1.29, 1.82) is 0 Å². The molecule has 1 amide bonds. The molecule has 2 saturated carbocycles. The van der Waals surface area contributed by atoms with Crippen LogP contribution in [0.2, 0.25) is 0 Å². The lowest BCUT2D eigenvalue weighted by Gasteiger charge is -2.21. The number of carboxylic acids is 1. The Morgan fingerprint density at radius 3 is 2.44 bits per heavy atom. The summed E-state index contributed by atoms with van der Waals surface area (Å²) in [6, 6.07) is 0.236. The number of carbonyl (C=O) groups excluding carboxylic acids is 1. The summed E-state index contributed by atoms with van der Waals surface area (Å²) in [6.45, 7) is 2.08. The third kappa shape index (κ3) is 3.24. The molecule has 2 rings (SSSR count). The predicted molar refractivity (Wildman–Crippen MR) is 68.0 cm³/mol. The quantitative estimate of drug-likeness (QED) is 0.762. The summed E-state index contributed by atoms with van der Waals surface area (Å²) in [5.41, 5.74) is 0. The van der Waals surface area contributed by atoms with E-state index in [1.165, 1.54) is 12.8 Å². The van der Waals surface area contributed by atoms with E-state index in [2.05, 4.69) is 12.2 Å². The van der Waals surface area contributed by atoms with Gasteiger partial charge in [0.15, 0.2) is 0 Å². The van der Waals surface area contributed by atoms with Gasteiger partial charge in [-0.2, -0.15) is 0 Å². The van der Waals surface area contributed by atoms with Crippen molar-refractivity contribution >= 4 is 11.9 Å². The number of rotatable bonds is 6. The third-order valence-corrected chi connectivity index (χ3v) is 4.32. The monoisotopic (exact) mass is 253 g/mol. The molecule has 0 bridgehead atoms. The molecule has 3 unspecified atom stereocenters. The number of hydrogen-bond donors (Lipinski definition) is 2. The van der Waals surface area contributed by atoms with E-state index in [1.54, 1.807) is 0 Å². The molecule has 2 aliphatic rings. The molecular formula is C14H23NO3. The lowest BCUT2D eigenvalue weighted by Crippen LogP contribution is -2.41. The average molecular weight is 253 g/mol. The predicted octanol–water partition coefficient (Wildman–Crippen LogP) is 2.18. The highest BCUT2D eigenvalue weighted by atomic mass is 16.4. The lowest BCUT2D eigenvalue weighted by molar-refractivity contribution is -0.146. The number of nitrogens with one attached hydrogen (secondary N) is 1. The molecule has 3 atom stereocenters. The molecule has 0 aromatic rings. The first-order valence-electron chi connectivity index (χ1n) is 7.15. The fourth-order valence-corrected chi connectivity index (χ4v) is 2.96. The smallest absolute Gasteiger partial charge is 0.307 e. The van der Waals surface area contributed by atoms with Gasteiger partial charge in [-0.3, -0.25) is 9.59 Å². The van der Waals surface area contributed by atoms with Crippen LogP contribution in [-0.4, -0.2) is 23.0 Å². The summed E-state index contributed by atoms with van der Waals surface area (Å²) >= 11 is 0. The highest BCUT2D eigenvalue weighted by Crippen LogP contribution is 2.35. The topological polar surface area (TPSA) is 66.4 Å². The molecule has 0 spiro atoms. The van der Waals surface area contributed by atoms with E-state index < -0.39 is 11.9 Å². The molecule has 0 aliphatic heterocycles. The summed E-state index contributed by atoms with van der Waals surface area (Å²) in [4.78, 5) is 23.2. The number of carboxylic acid groups (broad SMARTS) is 1. The van der Waals surface area contributed by atoms with Crippen LogP contribution in [0.15, 0.2) is 0 Å². The van der Waals surface area contributed by atoms with Crippen molar-refractivity contribution in [2.45, 2.75) is 57.9 Å². The Labute approximate surface area is 108 Å². The van der Waals surface area contributed by atoms with Gasteiger partial charge in [0.05, 0.1) is 11.8 Å². The minimum atomic E-state index is -0.817. The van der Waals surface area contributed by atoms with Gasteiger partial charge in [0.25, 0.3) is 0 Å². The molecule has 4 heteroatoms. The van der Waals surface area contributed by atoms with E-state index in [4.69, 9.17) is 5.11 Å². The highest BCUT2D eigenvalue weighted by Gasteiger charge is 2.38. The normalized spacial score (nSPS) is 28.9. The van der Waals surface area contributed by atoms with Crippen molar-refractivity contribution in [3.63, 3.8) is 0 Å². The SMILES string of the molecule is CCC(CC1CC1)NC(=O)C1CCCC1C(=O)O. The molecule has 2 N–H and O–H groups in total. The zero-order valence-corrected chi connectivity index (χ0v) is 11.0. The molecule has 4 nitrogen and oxygen atoms in total. The molecule has 0 aromatic heterocycles. The number of amides is 1. The van der Waals surface area contributed by atoms with Gasteiger partial charge in [0.1, 0.15) is 0 Å². The molecule has 102 valence electrons. The summed E-state index contributed by atoms with van der Waals surface area (Å²) in [6.07, 6.45) is 6.80. The average Bonchev–Trinajstić information content (AvgIpc) is 3.00. The number of aliphatic carboxylic acids is 1. The largest absolute Gasteiger partial charge is 0.481 e. The summed E-state index contributed by atoms with van der Waals surface area (Å²) < 4.78 is 0. The summed E-state index contributed by atoms with van der Waals surface area (Å²) in [5.74, 6) is -0.844. The molecule has 0 heterocycles. The van der Waals surface area contributed by atoms with Crippen LogP contribution in [0, 0.1) is 17.8 Å². The Bertz CT molecular complexity index is 325. The van der Waals surface area contributed by atoms with E-state index in [0.29, 0.717) is 6.42 Å². The van der Waals surface area contributed by atoms with Crippen molar-refractivity contribution in [2.75, 3.05) is 0 Å². The van der Waals surface area contributed by atoms with Crippen LogP contribution < -0.4 is 5.32 Å². The van der Waals surface area contributed by atoms with Crippen LogP contribution in [-0.2, 0) is 9.59 Å². The first-order chi connectivity index (χ1) is 8.61. The zero-order chi connectivity index (χ0) is 13.1. The minimum absolute atomic E-state index is 0.0348. The van der Waals surface area contributed by atoms with Crippen LogP contribution in [0.4, 0.5) is 0 Å². The second-order valence-electron chi connectivity index (χ2n) is 5.77. The maximum atomic E-state index is 12.2. The van der Waals surface area contributed by atoms with Gasteiger partial charge < -0.3 is 10.4 Å². The zero-order valence-electron chi connectivity index (χ0n) is 11.0. The van der Waals surface area contributed by atoms with Crippen LogP contribution in [0.1, 0.15) is 51.9 Å². The van der Waals surface area contributed by atoms with Gasteiger partial charge in [-0.15, -0.1) is 0 Å². The van der Waals surface area contributed by atoms with Gasteiger partial charge in [0, 0.05) is 6.04 Å². The maximum absolute atomic E-state index is 12.2. The Kier molecular flexibility index (Phi) is 4.25. The van der Waals surface area contributed by atoms with Crippen molar-refractivity contribution in [1.82, 2.24) is 5.32 Å². The Balaban J connectivity index is 1.87. The Hall–Kier alpha value is -1.06. The first-order valence-corrected chi connectivity index (χ1v) is 7.15. The molecule has 2 fully saturated rings. The fourth-order valence-electron chi connectivity index (χ4n) is 2.96. The van der Waals surface area contributed by atoms with E-state index in [9.17, 15) is 9.59 Å². The third-order valence-electron chi connectivity index (χ3n) is 4.32. The molecular weight excluding hydrogens is 230 g/mol. The van der Waals surface area contributed by atoms with E-state index in [0.717, 1.165) is 31.6 Å². The lowest BCUT2D eigenvalue weighted by atomic mass is 9.94. The van der Waals surface area contributed by atoms with Gasteiger partial charge in [-0.25, -0.2) is 0 Å². The molecule has 0 aromatic carbocycles. The fraction of sp³-hybridized carbons (Fsp3) is 0.857.